The Morgan fingerprint density at radius 1 is 1.03 bits per heavy atom. The normalized spacial score (nSPS) is 19.1. The third kappa shape index (κ3) is 7.80. The van der Waals surface area contributed by atoms with Crippen molar-refractivity contribution >= 4 is 23.0 Å². The second kappa shape index (κ2) is 14.3. The summed E-state index contributed by atoms with van der Waals surface area (Å²) >= 11 is 0. The summed E-state index contributed by atoms with van der Waals surface area (Å²) in [6.07, 6.45) is 9.85. The van der Waals surface area contributed by atoms with E-state index in [9.17, 15) is 9.59 Å². The number of ketones is 1. The van der Waals surface area contributed by atoms with Gasteiger partial charge in [-0.25, -0.2) is 0 Å². The van der Waals surface area contributed by atoms with Gasteiger partial charge in [-0.2, -0.15) is 0 Å². The van der Waals surface area contributed by atoms with Crippen molar-refractivity contribution in [3.8, 4) is 5.75 Å². The Bertz CT molecular complexity index is 1140. The molecule has 38 heavy (non-hydrogen) atoms. The summed E-state index contributed by atoms with van der Waals surface area (Å²) in [6.45, 7) is 12.1. The predicted octanol–water partition coefficient (Wildman–Crippen LogP) is 7.30. The van der Waals surface area contributed by atoms with E-state index in [-0.39, 0.29) is 17.6 Å². The second-order valence-electron chi connectivity index (χ2n) is 10.7. The van der Waals surface area contributed by atoms with Crippen molar-refractivity contribution < 1.29 is 14.3 Å². The van der Waals surface area contributed by atoms with Crippen LogP contribution in [0.3, 0.4) is 0 Å². The van der Waals surface area contributed by atoms with Crippen LogP contribution in [-0.4, -0.2) is 31.9 Å². The van der Waals surface area contributed by atoms with Crippen molar-refractivity contribution in [2.45, 2.75) is 79.6 Å². The molecule has 0 bridgehead atoms. The molecule has 0 atom stereocenters. The highest BCUT2D eigenvalue weighted by atomic mass is 16.5. The number of hydrogen-bond donors (Lipinski definition) is 2. The summed E-state index contributed by atoms with van der Waals surface area (Å²) in [5, 5.41) is 6.34. The summed E-state index contributed by atoms with van der Waals surface area (Å²) < 4.78 is 5.29. The third-order valence-corrected chi connectivity index (χ3v) is 8.11. The van der Waals surface area contributed by atoms with Crippen LogP contribution < -0.4 is 15.4 Å². The molecule has 2 aromatic rings. The van der Waals surface area contributed by atoms with Gasteiger partial charge in [0.05, 0.1) is 7.11 Å². The molecular formula is C33H46N2O3. The van der Waals surface area contributed by atoms with Crippen molar-refractivity contribution in [1.29, 1.82) is 0 Å². The van der Waals surface area contributed by atoms with Crippen molar-refractivity contribution in [2.24, 2.45) is 11.8 Å². The summed E-state index contributed by atoms with van der Waals surface area (Å²) in [5.41, 5.74) is 7.81. The molecule has 1 aliphatic heterocycles. The van der Waals surface area contributed by atoms with Gasteiger partial charge in [0.25, 0.3) is 0 Å². The lowest BCUT2D eigenvalue weighted by Crippen LogP contribution is -2.27. The molecule has 1 saturated carbocycles. The number of amides is 1. The van der Waals surface area contributed by atoms with Gasteiger partial charge in [0.2, 0.25) is 5.91 Å². The Morgan fingerprint density at radius 3 is 2.34 bits per heavy atom. The lowest BCUT2D eigenvalue weighted by Gasteiger charge is -2.27. The van der Waals surface area contributed by atoms with Gasteiger partial charge in [-0.1, -0.05) is 38.5 Å². The van der Waals surface area contributed by atoms with Gasteiger partial charge >= 0.3 is 0 Å². The smallest absolute Gasteiger partial charge is 0.227 e. The van der Waals surface area contributed by atoms with Gasteiger partial charge < -0.3 is 15.4 Å². The fraction of sp³-hybridized carbons (Fsp3) is 0.515. The molecule has 2 N–H and O–H groups in total. The highest BCUT2D eigenvalue weighted by molar-refractivity contribution is 5.97. The monoisotopic (exact) mass is 518 g/mol. The third-order valence-electron chi connectivity index (χ3n) is 8.11. The maximum absolute atomic E-state index is 12.3. The van der Waals surface area contributed by atoms with Gasteiger partial charge in [0, 0.05) is 29.8 Å². The average molecular weight is 519 g/mol. The highest BCUT2D eigenvalue weighted by Crippen LogP contribution is 2.32. The van der Waals surface area contributed by atoms with E-state index in [1.54, 1.807) is 14.0 Å². The Morgan fingerprint density at radius 2 is 1.76 bits per heavy atom. The number of rotatable bonds is 7. The molecule has 4 rings (SSSR count). The Kier molecular flexibility index (Phi) is 11.1. The standard InChI is InChI=1S/C17H25NO2.C16H21NO/c1-4-13-6-8-14(9-7-13)17(19)18-15-10-5-12(2)16(11-15)20-3;1-4-15-11(2)9-14(10-16(15)12(3)18)13-5-7-17-8-6-13/h5,10-11,13-14H,4,6-9H2,1-3H3,(H,18,19);5,9-10,17H,4,6-8H2,1-3H3. The minimum absolute atomic E-state index is 0.158. The number of carbonyl (C=O) groups excluding carboxylic acids is 2. The van der Waals surface area contributed by atoms with Crippen molar-refractivity contribution in [3.63, 3.8) is 0 Å². The first kappa shape index (κ1) is 29.6. The largest absolute Gasteiger partial charge is 0.496 e. The fourth-order valence-corrected chi connectivity index (χ4v) is 5.65. The fourth-order valence-electron chi connectivity index (χ4n) is 5.65. The van der Waals surface area contributed by atoms with Gasteiger partial charge in [0.15, 0.2) is 5.78 Å². The van der Waals surface area contributed by atoms with Crippen molar-refractivity contribution in [2.75, 3.05) is 25.5 Å². The Hall–Kier alpha value is -2.92. The molecule has 1 fully saturated rings. The minimum Gasteiger partial charge on any atom is -0.496 e. The molecule has 0 unspecified atom stereocenters. The molecule has 206 valence electrons. The van der Waals surface area contributed by atoms with Crippen LogP contribution in [0.1, 0.15) is 91.9 Å². The number of methoxy groups -OCH3 is 1. The van der Waals surface area contributed by atoms with Crippen LogP contribution in [0.5, 0.6) is 5.75 Å². The van der Waals surface area contributed by atoms with E-state index < -0.39 is 0 Å². The number of anilines is 1. The van der Waals surface area contributed by atoms with Crippen LogP contribution in [0.15, 0.2) is 36.4 Å². The molecule has 1 amide bonds. The molecule has 0 spiro atoms. The van der Waals surface area contributed by atoms with Crippen LogP contribution in [0.2, 0.25) is 0 Å². The first-order chi connectivity index (χ1) is 18.3. The second-order valence-corrected chi connectivity index (χ2v) is 10.7. The van der Waals surface area contributed by atoms with E-state index in [2.05, 4.69) is 49.6 Å². The molecule has 2 aromatic carbocycles. The first-order valence-corrected chi connectivity index (χ1v) is 14.3. The molecule has 5 heteroatoms. The molecular weight excluding hydrogens is 472 g/mol. The van der Waals surface area contributed by atoms with E-state index in [4.69, 9.17) is 4.74 Å². The van der Waals surface area contributed by atoms with Crippen LogP contribution in [0.4, 0.5) is 5.69 Å². The van der Waals surface area contributed by atoms with Gasteiger partial charge in [-0.3, -0.25) is 9.59 Å². The molecule has 2 aliphatic rings. The summed E-state index contributed by atoms with van der Waals surface area (Å²) in [5.74, 6) is 2.14. The molecule has 0 aromatic heterocycles. The Balaban J connectivity index is 0.000000212. The number of nitrogens with one attached hydrogen (secondary N) is 2. The highest BCUT2D eigenvalue weighted by Gasteiger charge is 2.25. The van der Waals surface area contributed by atoms with E-state index in [0.717, 1.165) is 67.3 Å². The van der Waals surface area contributed by atoms with Crippen LogP contribution >= 0.6 is 0 Å². The van der Waals surface area contributed by atoms with Crippen LogP contribution in [0, 0.1) is 25.7 Å². The topological polar surface area (TPSA) is 67.4 Å². The number of ether oxygens (including phenoxy) is 1. The summed E-state index contributed by atoms with van der Waals surface area (Å²) in [4.78, 5) is 24.1. The first-order valence-electron chi connectivity index (χ1n) is 14.3. The molecule has 1 heterocycles. The van der Waals surface area contributed by atoms with E-state index in [1.807, 2.05) is 25.1 Å². The molecule has 0 radical (unpaired) electrons. The van der Waals surface area contributed by atoms with Crippen LogP contribution in [-0.2, 0) is 11.2 Å². The van der Waals surface area contributed by atoms with E-state index >= 15 is 0 Å². The number of aryl methyl sites for hydroxylation is 2. The van der Waals surface area contributed by atoms with E-state index in [1.165, 1.54) is 41.5 Å². The number of Topliss-reactive ketones (excluding diaryl/α,β-unsaturated/α-hetero) is 1. The van der Waals surface area contributed by atoms with Gasteiger partial charge in [-0.15, -0.1) is 0 Å². The quantitative estimate of drug-likeness (QED) is 0.378. The number of benzene rings is 2. The van der Waals surface area contributed by atoms with E-state index in [0.29, 0.717) is 0 Å². The zero-order valence-corrected chi connectivity index (χ0v) is 24.2. The SMILES string of the molecule is CCC1CCC(C(=O)Nc2ccc(C)c(OC)c2)CC1.CCc1c(C)cc(C2=CCNCC2)cc1C(C)=O. The maximum Gasteiger partial charge on any atom is 0.227 e. The van der Waals surface area contributed by atoms with Gasteiger partial charge in [0.1, 0.15) is 5.75 Å². The maximum atomic E-state index is 12.3. The minimum atomic E-state index is 0.158. The molecule has 0 saturated heterocycles. The van der Waals surface area contributed by atoms with Crippen LogP contribution in [0.25, 0.3) is 5.57 Å². The molecule has 1 aliphatic carbocycles. The predicted molar refractivity (Wildman–Crippen MR) is 158 cm³/mol. The lowest BCUT2D eigenvalue weighted by molar-refractivity contribution is -0.121. The zero-order valence-electron chi connectivity index (χ0n) is 24.2. The van der Waals surface area contributed by atoms with Crippen molar-refractivity contribution in [3.05, 3.63) is 64.2 Å². The Labute approximate surface area is 229 Å². The average Bonchev–Trinajstić information content (AvgIpc) is 2.94. The lowest BCUT2D eigenvalue weighted by atomic mass is 9.80. The zero-order chi connectivity index (χ0) is 27.7. The number of carbonyl (C=O) groups is 2. The summed E-state index contributed by atoms with van der Waals surface area (Å²) in [6, 6.07) is 10.1. The van der Waals surface area contributed by atoms with Crippen molar-refractivity contribution in [1.82, 2.24) is 5.32 Å². The van der Waals surface area contributed by atoms with Gasteiger partial charge in [-0.05, 0) is 112 Å². The number of hydrogen-bond acceptors (Lipinski definition) is 4. The molecule has 5 nitrogen and oxygen atoms in total. The summed E-state index contributed by atoms with van der Waals surface area (Å²) in [7, 11) is 1.65.